The number of allylic oxidation sites excluding steroid dienone is 3. The predicted molar refractivity (Wildman–Crippen MR) is 292 cm³/mol. The summed E-state index contributed by atoms with van der Waals surface area (Å²) in [6, 6.07) is -0.636. The Bertz CT molecular complexity index is 1040. The van der Waals surface area contributed by atoms with Crippen molar-refractivity contribution in [3.8, 4) is 0 Å². The minimum absolute atomic E-state index is 0.00620. The summed E-state index contributed by atoms with van der Waals surface area (Å²) >= 11 is 0. The first kappa shape index (κ1) is 65.3. The van der Waals surface area contributed by atoms with E-state index in [2.05, 4.69) is 31.3 Å². The van der Waals surface area contributed by atoms with E-state index in [1.807, 2.05) is 6.08 Å². The molecule has 0 saturated carbocycles. The summed E-state index contributed by atoms with van der Waals surface area (Å²) in [5.41, 5.74) is 0. The molecular formula is C61H117NO5. The number of ether oxygens (including phenoxy) is 1. The number of nitrogens with one attached hydrogen (secondary N) is 1. The maximum Gasteiger partial charge on any atom is 0.305 e. The number of rotatable bonds is 56. The zero-order valence-electron chi connectivity index (χ0n) is 45.1. The Morgan fingerprint density at radius 1 is 0.403 bits per heavy atom. The highest BCUT2D eigenvalue weighted by molar-refractivity contribution is 5.76. The quantitative estimate of drug-likeness (QED) is 0.0321. The van der Waals surface area contributed by atoms with Crippen LogP contribution in [-0.2, 0) is 14.3 Å². The molecule has 0 rings (SSSR count). The third-order valence-corrected chi connectivity index (χ3v) is 14.0. The molecule has 6 heteroatoms. The second-order valence-electron chi connectivity index (χ2n) is 20.7. The number of esters is 1. The number of aliphatic hydroxyl groups excluding tert-OH is 2. The largest absolute Gasteiger partial charge is 0.466 e. The molecule has 396 valence electrons. The van der Waals surface area contributed by atoms with Gasteiger partial charge in [0.25, 0.3) is 0 Å². The second kappa shape index (κ2) is 56.9. The molecule has 67 heavy (non-hydrogen) atoms. The van der Waals surface area contributed by atoms with E-state index in [-0.39, 0.29) is 18.5 Å². The Balaban J connectivity index is 3.46. The van der Waals surface area contributed by atoms with Gasteiger partial charge in [-0.05, 0) is 57.8 Å². The van der Waals surface area contributed by atoms with E-state index in [4.69, 9.17) is 4.74 Å². The van der Waals surface area contributed by atoms with Crippen LogP contribution in [0, 0.1) is 0 Å². The van der Waals surface area contributed by atoms with Crippen molar-refractivity contribution in [3.05, 3.63) is 24.3 Å². The molecule has 2 unspecified atom stereocenters. The third-order valence-electron chi connectivity index (χ3n) is 14.0. The van der Waals surface area contributed by atoms with Gasteiger partial charge in [0.15, 0.2) is 0 Å². The predicted octanol–water partition coefficient (Wildman–Crippen LogP) is 18.6. The van der Waals surface area contributed by atoms with Crippen LogP contribution in [0.4, 0.5) is 0 Å². The molecule has 0 fully saturated rings. The second-order valence-corrected chi connectivity index (χ2v) is 20.7. The maximum atomic E-state index is 12.5. The van der Waals surface area contributed by atoms with E-state index >= 15 is 0 Å². The normalized spacial score (nSPS) is 12.7. The van der Waals surface area contributed by atoms with Gasteiger partial charge in [-0.2, -0.15) is 0 Å². The first-order chi connectivity index (χ1) is 33.0. The van der Waals surface area contributed by atoms with E-state index in [0.717, 1.165) is 57.8 Å². The molecule has 0 aromatic carbocycles. The van der Waals surface area contributed by atoms with Crippen LogP contribution in [0.3, 0.4) is 0 Å². The van der Waals surface area contributed by atoms with Crippen LogP contribution >= 0.6 is 0 Å². The van der Waals surface area contributed by atoms with Crippen LogP contribution in [0.25, 0.3) is 0 Å². The number of hydrogen-bond acceptors (Lipinski definition) is 5. The number of aliphatic hydroxyl groups is 2. The van der Waals surface area contributed by atoms with Crippen LogP contribution in [0.1, 0.15) is 328 Å². The van der Waals surface area contributed by atoms with Crippen molar-refractivity contribution in [1.82, 2.24) is 5.32 Å². The lowest BCUT2D eigenvalue weighted by molar-refractivity contribution is -0.143. The maximum absolute atomic E-state index is 12.5. The summed E-state index contributed by atoms with van der Waals surface area (Å²) in [5, 5.41) is 23.2. The Hall–Kier alpha value is -1.66. The Kier molecular flexibility index (Phi) is 55.5. The fourth-order valence-electron chi connectivity index (χ4n) is 9.34. The molecule has 0 spiro atoms. The average Bonchev–Trinajstić information content (AvgIpc) is 3.33. The van der Waals surface area contributed by atoms with Crippen molar-refractivity contribution in [2.45, 2.75) is 341 Å². The summed E-state index contributed by atoms with van der Waals surface area (Å²) < 4.78 is 5.48. The highest BCUT2D eigenvalue weighted by Gasteiger charge is 2.18. The van der Waals surface area contributed by atoms with Crippen molar-refractivity contribution in [3.63, 3.8) is 0 Å². The first-order valence-electron chi connectivity index (χ1n) is 30.1. The summed E-state index contributed by atoms with van der Waals surface area (Å²) in [4.78, 5) is 24.6. The van der Waals surface area contributed by atoms with E-state index in [0.29, 0.717) is 19.4 Å². The third kappa shape index (κ3) is 53.5. The zero-order chi connectivity index (χ0) is 48.6. The molecule has 0 aliphatic heterocycles. The van der Waals surface area contributed by atoms with Gasteiger partial charge in [-0.25, -0.2) is 0 Å². The Morgan fingerprint density at radius 2 is 0.701 bits per heavy atom. The van der Waals surface area contributed by atoms with Gasteiger partial charge in [0.05, 0.1) is 25.4 Å². The lowest BCUT2D eigenvalue weighted by Crippen LogP contribution is -2.45. The number of hydrogen-bond donors (Lipinski definition) is 3. The fraction of sp³-hybridized carbons (Fsp3) is 0.902. The van der Waals surface area contributed by atoms with Crippen LogP contribution in [-0.4, -0.2) is 47.4 Å². The molecule has 6 nitrogen and oxygen atoms in total. The van der Waals surface area contributed by atoms with Crippen LogP contribution < -0.4 is 5.32 Å². The van der Waals surface area contributed by atoms with Gasteiger partial charge in [0.1, 0.15) is 0 Å². The lowest BCUT2D eigenvalue weighted by Gasteiger charge is -2.20. The van der Waals surface area contributed by atoms with E-state index in [1.54, 1.807) is 6.08 Å². The summed E-state index contributed by atoms with van der Waals surface area (Å²) in [7, 11) is 0. The number of unbranched alkanes of at least 4 members (excludes halogenated alkanes) is 43. The molecule has 0 bridgehead atoms. The SMILES string of the molecule is CCCCCCCC/C=C\CCCCCCCCCC(=O)OCCCCCCCCCCCCCCCCC(=O)NC(CO)C(O)/C=C/CCCCCCCCCCCCCCCCCCC. The van der Waals surface area contributed by atoms with E-state index in [1.165, 1.54) is 244 Å². The van der Waals surface area contributed by atoms with Gasteiger partial charge in [-0.15, -0.1) is 0 Å². The molecule has 0 aromatic heterocycles. The monoisotopic (exact) mass is 944 g/mol. The molecule has 1 amide bonds. The van der Waals surface area contributed by atoms with Gasteiger partial charge in [0, 0.05) is 12.8 Å². The molecule has 0 aliphatic rings. The lowest BCUT2D eigenvalue weighted by atomic mass is 10.0. The summed E-state index contributed by atoms with van der Waals surface area (Å²) in [6.07, 6.45) is 69.1. The molecule has 0 aromatic rings. The Labute approximate surface area is 418 Å². The highest BCUT2D eigenvalue weighted by atomic mass is 16.5. The standard InChI is InChI=1S/C61H117NO5/c1-3-5-7-9-11-13-15-17-19-21-22-24-25-29-33-37-41-45-49-53-59(64)58(57-63)62-60(65)54-50-46-42-38-34-30-27-28-32-36-40-44-48-52-56-67-61(66)55-51-47-43-39-35-31-26-23-20-18-16-14-12-10-8-6-4-2/h18,20,49,53,58-59,63-64H,3-17,19,21-48,50-52,54-57H2,1-2H3,(H,62,65)/b20-18-,53-49+. The van der Waals surface area contributed by atoms with E-state index in [9.17, 15) is 19.8 Å². The van der Waals surface area contributed by atoms with Gasteiger partial charge in [-0.1, -0.05) is 282 Å². The van der Waals surface area contributed by atoms with Crippen molar-refractivity contribution in [2.24, 2.45) is 0 Å². The fourth-order valence-corrected chi connectivity index (χ4v) is 9.34. The van der Waals surface area contributed by atoms with Crippen molar-refractivity contribution in [1.29, 1.82) is 0 Å². The molecule has 2 atom stereocenters. The topological polar surface area (TPSA) is 95.9 Å². The summed E-state index contributed by atoms with van der Waals surface area (Å²) in [6.45, 7) is 4.90. The Morgan fingerprint density at radius 3 is 1.06 bits per heavy atom. The minimum Gasteiger partial charge on any atom is -0.466 e. The molecule has 0 aliphatic carbocycles. The number of carbonyl (C=O) groups is 2. The van der Waals surface area contributed by atoms with Crippen molar-refractivity contribution < 1.29 is 24.5 Å². The molecule has 0 saturated heterocycles. The zero-order valence-corrected chi connectivity index (χ0v) is 45.1. The molecular weight excluding hydrogens is 827 g/mol. The van der Waals surface area contributed by atoms with Gasteiger partial charge >= 0.3 is 5.97 Å². The number of amides is 1. The highest BCUT2D eigenvalue weighted by Crippen LogP contribution is 2.17. The van der Waals surface area contributed by atoms with Gasteiger partial charge in [-0.3, -0.25) is 9.59 Å². The molecule has 0 radical (unpaired) electrons. The molecule has 3 N–H and O–H groups in total. The van der Waals surface area contributed by atoms with Crippen molar-refractivity contribution >= 4 is 11.9 Å². The molecule has 0 heterocycles. The van der Waals surface area contributed by atoms with E-state index < -0.39 is 12.1 Å². The average molecular weight is 945 g/mol. The number of carbonyl (C=O) groups excluding carboxylic acids is 2. The van der Waals surface area contributed by atoms with Gasteiger partial charge < -0.3 is 20.3 Å². The van der Waals surface area contributed by atoms with Gasteiger partial charge in [0.2, 0.25) is 5.91 Å². The van der Waals surface area contributed by atoms with Crippen LogP contribution in [0.5, 0.6) is 0 Å². The minimum atomic E-state index is -0.852. The summed E-state index contributed by atoms with van der Waals surface area (Å²) in [5.74, 6) is -0.0822. The van der Waals surface area contributed by atoms with Crippen molar-refractivity contribution in [2.75, 3.05) is 13.2 Å². The van der Waals surface area contributed by atoms with Crippen LogP contribution in [0.15, 0.2) is 24.3 Å². The first-order valence-corrected chi connectivity index (χ1v) is 30.1. The smallest absolute Gasteiger partial charge is 0.305 e. The van der Waals surface area contributed by atoms with Crippen LogP contribution in [0.2, 0.25) is 0 Å².